The first-order valence-corrected chi connectivity index (χ1v) is 11.1. The van der Waals surface area contributed by atoms with Crippen LogP contribution in [0.2, 0.25) is 5.02 Å². The average molecular weight is 507 g/mol. The SMILES string of the molecule is COc1cccc(-c2cc(C(F)(F)F)n3nc(C(=O)N(C)C(C)CCc4ccco4)c(Cl)c3n2)c1. The minimum absolute atomic E-state index is 0.0182. The number of alkyl halides is 3. The van der Waals surface area contributed by atoms with Crippen molar-refractivity contribution in [1.82, 2.24) is 19.5 Å². The number of aromatic nitrogens is 3. The van der Waals surface area contributed by atoms with Crippen LogP contribution in [0.1, 0.15) is 35.3 Å². The van der Waals surface area contributed by atoms with Gasteiger partial charge in [-0.2, -0.15) is 18.3 Å². The molecular formula is C24H22ClF3N4O3. The van der Waals surface area contributed by atoms with Crippen LogP contribution in [0.3, 0.4) is 0 Å². The zero-order valence-electron chi connectivity index (χ0n) is 19.1. The van der Waals surface area contributed by atoms with Crippen LogP contribution >= 0.6 is 11.6 Å². The summed E-state index contributed by atoms with van der Waals surface area (Å²) < 4.78 is 52.9. The van der Waals surface area contributed by atoms with Gasteiger partial charge in [0.05, 0.1) is 19.1 Å². The van der Waals surface area contributed by atoms with Crippen LogP contribution in [0.25, 0.3) is 16.9 Å². The smallest absolute Gasteiger partial charge is 0.433 e. The minimum atomic E-state index is -4.77. The fourth-order valence-corrected chi connectivity index (χ4v) is 3.87. The Bertz CT molecular complexity index is 1350. The van der Waals surface area contributed by atoms with E-state index in [0.717, 1.165) is 11.8 Å². The van der Waals surface area contributed by atoms with E-state index < -0.39 is 17.8 Å². The first-order chi connectivity index (χ1) is 16.6. The Morgan fingerprint density at radius 1 is 1.26 bits per heavy atom. The molecule has 7 nitrogen and oxygen atoms in total. The van der Waals surface area contributed by atoms with E-state index >= 15 is 0 Å². The van der Waals surface area contributed by atoms with Gasteiger partial charge in [-0.1, -0.05) is 23.7 Å². The molecule has 3 heterocycles. The maximum Gasteiger partial charge on any atom is 0.433 e. The van der Waals surface area contributed by atoms with Crippen molar-refractivity contribution >= 4 is 23.2 Å². The molecule has 0 saturated carbocycles. The van der Waals surface area contributed by atoms with E-state index in [0.29, 0.717) is 28.7 Å². The normalized spacial score (nSPS) is 12.7. The third-order valence-corrected chi connectivity index (χ3v) is 6.11. The van der Waals surface area contributed by atoms with Crippen molar-refractivity contribution in [3.63, 3.8) is 0 Å². The van der Waals surface area contributed by atoms with Crippen LogP contribution in [-0.2, 0) is 12.6 Å². The monoisotopic (exact) mass is 506 g/mol. The molecular weight excluding hydrogens is 485 g/mol. The number of methoxy groups -OCH3 is 1. The molecule has 0 aliphatic heterocycles. The van der Waals surface area contributed by atoms with E-state index in [9.17, 15) is 18.0 Å². The zero-order chi connectivity index (χ0) is 25.3. The number of amides is 1. The number of halogens is 4. The zero-order valence-corrected chi connectivity index (χ0v) is 19.9. The van der Waals surface area contributed by atoms with Gasteiger partial charge >= 0.3 is 6.18 Å². The second-order valence-corrected chi connectivity index (χ2v) is 8.42. The lowest BCUT2D eigenvalue weighted by molar-refractivity contribution is -0.142. The highest BCUT2D eigenvalue weighted by molar-refractivity contribution is 6.36. The van der Waals surface area contributed by atoms with Gasteiger partial charge in [-0.15, -0.1) is 0 Å². The molecule has 1 atom stereocenters. The van der Waals surface area contributed by atoms with Gasteiger partial charge in [0.2, 0.25) is 0 Å². The largest absolute Gasteiger partial charge is 0.497 e. The van der Waals surface area contributed by atoms with Crippen LogP contribution in [0, 0.1) is 0 Å². The topological polar surface area (TPSA) is 72.9 Å². The van der Waals surface area contributed by atoms with Crippen molar-refractivity contribution in [2.75, 3.05) is 14.2 Å². The summed E-state index contributed by atoms with van der Waals surface area (Å²) in [6.45, 7) is 1.82. The van der Waals surface area contributed by atoms with Crippen LogP contribution in [0.5, 0.6) is 5.75 Å². The summed E-state index contributed by atoms with van der Waals surface area (Å²) in [6, 6.07) is 10.7. The molecule has 0 aliphatic carbocycles. The van der Waals surface area contributed by atoms with Crippen LogP contribution in [0.15, 0.2) is 53.1 Å². The number of carbonyl (C=O) groups excluding carboxylic acids is 1. The molecule has 35 heavy (non-hydrogen) atoms. The molecule has 1 amide bonds. The van der Waals surface area contributed by atoms with Crippen LogP contribution in [0.4, 0.5) is 13.2 Å². The number of aryl methyl sites for hydroxylation is 1. The van der Waals surface area contributed by atoms with E-state index in [4.69, 9.17) is 20.8 Å². The van der Waals surface area contributed by atoms with Gasteiger partial charge in [0.1, 0.15) is 16.5 Å². The standard InChI is InChI=1S/C24H22ClF3N4O3/c1-14(9-10-16-8-5-11-35-16)31(2)23(33)21-20(25)22-29-18(15-6-4-7-17(12-15)34-3)13-19(24(26,27)28)32(22)30-21/h4-8,11-14H,9-10H2,1-3H3. The summed E-state index contributed by atoms with van der Waals surface area (Å²) in [5.41, 5.74) is -1.26. The van der Waals surface area contributed by atoms with Crippen LogP contribution < -0.4 is 4.74 Å². The van der Waals surface area contributed by atoms with Crippen LogP contribution in [-0.4, -0.2) is 45.6 Å². The molecule has 0 aliphatic rings. The highest BCUT2D eigenvalue weighted by Gasteiger charge is 2.37. The van der Waals surface area contributed by atoms with Crippen molar-refractivity contribution in [2.24, 2.45) is 0 Å². The second-order valence-electron chi connectivity index (χ2n) is 8.04. The Kier molecular flexibility index (Phi) is 6.75. The lowest BCUT2D eigenvalue weighted by Gasteiger charge is -2.24. The number of ether oxygens (including phenoxy) is 1. The maximum absolute atomic E-state index is 14.0. The Morgan fingerprint density at radius 3 is 2.69 bits per heavy atom. The predicted molar refractivity (Wildman–Crippen MR) is 124 cm³/mol. The van der Waals surface area contributed by atoms with Gasteiger partial charge < -0.3 is 14.1 Å². The minimum Gasteiger partial charge on any atom is -0.497 e. The molecule has 1 unspecified atom stereocenters. The lowest BCUT2D eigenvalue weighted by Crippen LogP contribution is -2.35. The number of benzene rings is 1. The summed E-state index contributed by atoms with van der Waals surface area (Å²) in [5.74, 6) is 0.620. The number of fused-ring (bicyclic) bond motifs is 1. The van der Waals surface area contributed by atoms with E-state index in [1.54, 1.807) is 43.6 Å². The van der Waals surface area contributed by atoms with Gasteiger partial charge in [0.15, 0.2) is 17.0 Å². The molecule has 4 aromatic rings. The summed E-state index contributed by atoms with van der Waals surface area (Å²) >= 11 is 6.40. The maximum atomic E-state index is 14.0. The number of rotatable bonds is 7. The lowest BCUT2D eigenvalue weighted by atomic mass is 10.1. The van der Waals surface area contributed by atoms with Crippen molar-refractivity contribution in [3.05, 3.63) is 70.9 Å². The molecule has 11 heteroatoms. The van der Waals surface area contributed by atoms with E-state index in [1.807, 2.05) is 13.0 Å². The van der Waals surface area contributed by atoms with Gasteiger partial charge in [-0.05, 0) is 43.7 Å². The molecule has 184 valence electrons. The Balaban J connectivity index is 1.72. The molecule has 0 fully saturated rings. The summed E-state index contributed by atoms with van der Waals surface area (Å²) in [6.07, 6.45) is -2.04. The van der Waals surface area contributed by atoms with Gasteiger partial charge in [0, 0.05) is 25.1 Å². The van der Waals surface area contributed by atoms with Gasteiger partial charge in [-0.25, -0.2) is 9.50 Å². The number of nitrogens with zero attached hydrogens (tertiary/aromatic N) is 4. The average Bonchev–Trinajstić information content (AvgIpc) is 3.48. The second kappa shape index (κ2) is 9.61. The number of carbonyl (C=O) groups is 1. The number of hydrogen-bond acceptors (Lipinski definition) is 5. The Labute approximate surface area is 204 Å². The summed E-state index contributed by atoms with van der Waals surface area (Å²) in [5, 5.41) is 3.67. The molecule has 0 saturated heterocycles. The van der Waals surface area contributed by atoms with Gasteiger partial charge in [-0.3, -0.25) is 4.79 Å². The Morgan fingerprint density at radius 2 is 2.03 bits per heavy atom. The highest BCUT2D eigenvalue weighted by Crippen LogP contribution is 2.35. The molecule has 0 radical (unpaired) electrons. The highest BCUT2D eigenvalue weighted by atomic mass is 35.5. The fourth-order valence-electron chi connectivity index (χ4n) is 3.63. The number of furan rings is 1. The fraction of sp³-hybridized carbons (Fsp3) is 0.292. The van der Waals surface area contributed by atoms with Crippen molar-refractivity contribution < 1.29 is 27.1 Å². The van der Waals surface area contributed by atoms with Crippen molar-refractivity contribution in [3.8, 4) is 17.0 Å². The van der Waals surface area contributed by atoms with Gasteiger partial charge in [0.25, 0.3) is 5.91 Å². The van der Waals surface area contributed by atoms with E-state index in [1.165, 1.54) is 12.0 Å². The molecule has 0 spiro atoms. The first kappa shape index (κ1) is 24.6. The predicted octanol–water partition coefficient (Wildman–Crippen LogP) is 5.76. The third kappa shape index (κ3) is 4.97. The van der Waals surface area contributed by atoms with Crippen molar-refractivity contribution in [1.29, 1.82) is 0 Å². The third-order valence-electron chi connectivity index (χ3n) is 5.76. The first-order valence-electron chi connectivity index (χ1n) is 10.7. The summed E-state index contributed by atoms with van der Waals surface area (Å²) in [4.78, 5) is 18.9. The molecule has 0 N–H and O–H groups in total. The molecule has 1 aromatic carbocycles. The van der Waals surface area contributed by atoms with E-state index in [-0.39, 0.29) is 28.1 Å². The molecule has 0 bridgehead atoms. The number of hydrogen-bond donors (Lipinski definition) is 0. The Hall–Kier alpha value is -3.53. The van der Waals surface area contributed by atoms with Crippen molar-refractivity contribution in [2.45, 2.75) is 32.0 Å². The molecule has 3 aromatic heterocycles. The van der Waals surface area contributed by atoms with E-state index in [2.05, 4.69) is 10.1 Å². The quantitative estimate of drug-likeness (QED) is 0.318. The summed E-state index contributed by atoms with van der Waals surface area (Å²) in [7, 11) is 3.00. The molecule has 4 rings (SSSR count).